The van der Waals surface area contributed by atoms with Crippen LogP contribution in [0.3, 0.4) is 0 Å². The number of phenols is 1. The van der Waals surface area contributed by atoms with Crippen molar-refractivity contribution in [3.8, 4) is 5.75 Å². The van der Waals surface area contributed by atoms with E-state index < -0.39 is 0 Å². The van der Waals surface area contributed by atoms with Crippen LogP contribution in [0.1, 0.15) is 70.7 Å². The Labute approximate surface area is 178 Å². The molecule has 2 N–H and O–H groups in total. The van der Waals surface area contributed by atoms with E-state index >= 15 is 0 Å². The quantitative estimate of drug-likeness (QED) is 0.648. The highest BCUT2D eigenvalue weighted by atomic mass is 35.5. The summed E-state index contributed by atoms with van der Waals surface area (Å²) in [4.78, 5) is 2.55. The molecule has 156 valence electrons. The Morgan fingerprint density at radius 2 is 1.48 bits per heavy atom. The summed E-state index contributed by atoms with van der Waals surface area (Å²) in [6.45, 7) is 21.2. The second kappa shape index (κ2) is 10.2. The number of hydrogen-bond acceptors (Lipinski definition) is 3. The first-order valence-electron chi connectivity index (χ1n) is 9.49. The van der Waals surface area contributed by atoms with E-state index in [9.17, 15) is 5.11 Å². The maximum atomic E-state index is 11.0. The Kier molecular flexibility index (Phi) is 9.88. The van der Waals surface area contributed by atoms with Crippen LogP contribution in [-0.2, 0) is 10.8 Å². The van der Waals surface area contributed by atoms with Crippen molar-refractivity contribution >= 4 is 24.8 Å². The number of halogens is 2. The summed E-state index contributed by atoms with van der Waals surface area (Å²) in [7, 11) is 0. The average molecular weight is 417 g/mol. The monoisotopic (exact) mass is 416 g/mol. The number of piperazine rings is 1. The maximum Gasteiger partial charge on any atom is 0.123 e. The summed E-state index contributed by atoms with van der Waals surface area (Å²) in [5, 5.41) is 14.4. The zero-order valence-electron chi connectivity index (χ0n) is 17.8. The molecule has 1 saturated heterocycles. The topological polar surface area (TPSA) is 35.5 Å². The van der Waals surface area contributed by atoms with Gasteiger partial charge >= 0.3 is 0 Å². The maximum absolute atomic E-state index is 11.0. The summed E-state index contributed by atoms with van der Waals surface area (Å²) in [6.07, 6.45) is 2.95. The fourth-order valence-corrected chi connectivity index (χ4v) is 3.64. The van der Waals surface area contributed by atoms with E-state index in [1.807, 2.05) is 6.08 Å². The average Bonchev–Trinajstić information content (AvgIpc) is 2.51. The van der Waals surface area contributed by atoms with Crippen LogP contribution in [-0.4, -0.2) is 36.2 Å². The number of nitrogens with zero attached hydrogens (tertiary/aromatic N) is 1. The van der Waals surface area contributed by atoms with Crippen LogP contribution >= 0.6 is 24.8 Å². The van der Waals surface area contributed by atoms with Gasteiger partial charge in [0.1, 0.15) is 5.75 Å². The van der Waals surface area contributed by atoms with Gasteiger partial charge in [-0.3, -0.25) is 4.90 Å². The molecule has 1 heterocycles. The Hall–Kier alpha value is -0.740. The largest absolute Gasteiger partial charge is 0.507 e. The number of hydrogen-bond donors (Lipinski definition) is 2. The molecule has 1 aromatic rings. The fourth-order valence-electron chi connectivity index (χ4n) is 3.64. The van der Waals surface area contributed by atoms with Crippen LogP contribution in [0.4, 0.5) is 0 Å². The first-order chi connectivity index (χ1) is 11.6. The number of benzene rings is 1. The lowest BCUT2D eigenvalue weighted by molar-refractivity contribution is 0.174. The Morgan fingerprint density at radius 3 is 1.85 bits per heavy atom. The lowest BCUT2D eigenvalue weighted by Gasteiger charge is -2.36. The van der Waals surface area contributed by atoms with E-state index in [4.69, 9.17) is 0 Å². The Bertz CT molecular complexity index is 577. The molecule has 0 aliphatic carbocycles. The van der Waals surface area contributed by atoms with Crippen molar-refractivity contribution < 1.29 is 5.11 Å². The van der Waals surface area contributed by atoms with Gasteiger partial charge in [-0.05, 0) is 46.1 Å². The minimum absolute atomic E-state index is 0. The molecule has 0 saturated carbocycles. The van der Waals surface area contributed by atoms with Crippen molar-refractivity contribution in [1.82, 2.24) is 10.2 Å². The van der Waals surface area contributed by atoms with Crippen LogP contribution < -0.4 is 5.32 Å². The highest BCUT2D eigenvalue weighted by molar-refractivity contribution is 5.85. The van der Waals surface area contributed by atoms with Gasteiger partial charge in [-0.25, -0.2) is 0 Å². The molecule has 0 aromatic heterocycles. The first kappa shape index (κ1) is 26.3. The standard InChI is InChI=1S/C22H36N2O.2ClH/c1-8-9-19(24-12-10-23-11-13-24)16-14-17(21(2,3)4)20(25)18(15-16)22(5,6)7;;/h8,14-15,19,23,25H,1,9-13H2,2-7H3;2*1H/t19-;;/m0../s1. The molecule has 1 aliphatic rings. The summed E-state index contributed by atoms with van der Waals surface area (Å²) in [5.74, 6) is 0.460. The summed E-state index contributed by atoms with van der Waals surface area (Å²) >= 11 is 0. The van der Waals surface area contributed by atoms with Gasteiger partial charge in [-0.2, -0.15) is 0 Å². The van der Waals surface area contributed by atoms with Gasteiger partial charge in [-0.15, -0.1) is 31.4 Å². The van der Waals surface area contributed by atoms with Crippen molar-refractivity contribution in [1.29, 1.82) is 0 Å². The van der Waals surface area contributed by atoms with Crippen molar-refractivity contribution in [2.75, 3.05) is 26.2 Å². The number of rotatable bonds is 4. The van der Waals surface area contributed by atoms with Crippen molar-refractivity contribution in [2.24, 2.45) is 0 Å². The molecular formula is C22H38Cl2N2O. The van der Waals surface area contributed by atoms with Gasteiger partial charge in [0.25, 0.3) is 0 Å². The molecule has 0 amide bonds. The minimum atomic E-state index is -0.0950. The highest BCUT2D eigenvalue weighted by Crippen LogP contribution is 2.42. The van der Waals surface area contributed by atoms with Crippen molar-refractivity contribution in [3.05, 3.63) is 41.5 Å². The smallest absolute Gasteiger partial charge is 0.123 e. The third-order valence-corrected chi connectivity index (χ3v) is 5.12. The number of aromatic hydroxyl groups is 1. The second-order valence-electron chi connectivity index (χ2n) is 9.29. The third kappa shape index (κ3) is 6.39. The van der Waals surface area contributed by atoms with Crippen LogP contribution in [0.5, 0.6) is 5.75 Å². The van der Waals surface area contributed by atoms with Crippen LogP contribution in [0, 0.1) is 0 Å². The fraction of sp³-hybridized carbons (Fsp3) is 0.636. The number of nitrogens with one attached hydrogen (secondary N) is 1. The molecule has 0 unspecified atom stereocenters. The predicted molar refractivity (Wildman–Crippen MR) is 122 cm³/mol. The molecule has 3 nitrogen and oxygen atoms in total. The van der Waals surface area contributed by atoms with Gasteiger partial charge in [0.15, 0.2) is 0 Å². The van der Waals surface area contributed by atoms with Crippen molar-refractivity contribution in [2.45, 2.75) is 64.8 Å². The summed E-state index contributed by atoms with van der Waals surface area (Å²) < 4.78 is 0. The molecule has 1 fully saturated rings. The Balaban J connectivity index is 0.00000338. The van der Waals surface area contributed by atoms with E-state index in [1.54, 1.807) is 0 Å². The zero-order chi connectivity index (χ0) is 18.8. The van der Waals surface area contributed by atoms with E-state index in [0.29, 0.717) is 11.8 Å². The lowest BCUT2D eigenvalue weighted by atomic mass is 9.77. The first-order valence-corrected chi connectivity index (χ1v) is 9.49. The van der Waals surface area contributed by atoms with Gasteiger partial charge in [-0.1, -0.05) is 47.6 Å². The molecule has 1 aliphatic heterocycles. The molecule has 0 bridgehead atoms. The van der Waals surface area contributed by atoms with E-state index in [2.05, 4.69) is 70.5 Å². The molecule has 0 spiro atoms. The van der Waals surface area contributed by atoms with Gasteiger partial charge in [0.2, 0.25) is 0 Å². The van der Waals surface area contributed by atoms with Crippen molar-refractivity contribution in [3.63, 3.8) is 0 Å². The van der Waals surface area contributed by atoms with Crippen LogP contribution in [0.2, 0.25) is 0 Å². The van der Waals surface area contributed by atoms with E-state index in [1.165, 1.54) is 5.56 Å². The minimum Gasteiger partial charge on any atom is -0.507 e. The molecule has 5 heteroatoms. The molecule has 1 aromatic carbocycles. The summed E-state index contributed by atoms with van der Waals surface area (Å²) in [5.41, 5.74) is 3.19. The Morgan fingerprint density at radius 1 is 1.04 bits per heavy atom. The molecule has 0 radical (unpaired) electrons. The second-order valence-corrected chi connectivity index (χ2v) is 9.29. The van der Waals surface area contributed by atoms with Gasteiger partial charge in [0, 0.05) is 32.2 Å². The van der Waals surface area contributed by atoms with Gasteiger partial charge in [0.05, 0.1) is 0 Å². The van der Waals surface area contributed by atoms with Gasteiger partial charge < -0.3 is 10.4 Å². The highest BCUT2D eigenvalue weighted by Gasteiger charge is 2.29. The van der Waals surface area contributed by atoms with Crippen LogP contribution in [0.15, 0.2) is 24.8 Å². The molecule has 27 heavy (non-hydrogen) atoms. The number of phenolic OH excluding ortho intramolecular Hbond substituents is 1. The SMILES string of the molecule is C=CC[C@@H](c1cc(C(C)(C)C)c(O)c(C(C)(C)C)c1)N1CCNCC1.Cl.Cl. The zero-order valence-corrected chi connectivity index (χ0v) is 19.4. The predicted octanol–water partition coefficient (Wildman–Crippen LogP) is 5.35. The summed E-state index contributed by atoms with van der Waals surface area (Å²) in [6, 6.07) is 4.77. The molecule has 1 atom stereocenters. The molecular weight excluding hydrogens is 379 g/mol. The van der Waals surface area contributed by atoms with E-state index in [0.717, 1.165) is 43.7 Å². The van der Waals surface area contributed by atoms with Crippen LogP contribution in [0.25, 0.3) is 0 Å². The third-order valence-electron chi connectivity index (χ3n) is 5.12. The normalized spacial score (nSPS) is 16.8. The molecule has 2 rings (SSSR count). The van der Waals surface area contributed by atoms with E-state index in [-0.39, 0.29) is 35.6 Å². The lowest BCUT2D eigenvalue weighted by Crippen LogP contribution is -2.45.